The predicted molar refractivity (Wildman–Crippen MR) is 79.8 cm³/mol. The number of hydrogen-bond donors (Lipinski definition) is 1. The van der Waals surface area contributed by atoms with Gasteiger partial charge in [0.05, 0.1) is 0 Å². The molecule has 0 heterocycles. The quantitative estimate of drug-likeness (QED) is 0.914. The molecule has 0 aliphatic rings. The van der Waals surface area contributed by atoms with E-state index in [-0.39, 0.29) is 6.10 Å². The zero-order valence-corrected chi connectivity index (χ0v) is 11.9. The van der Waals surface area contributed by atoms with Gasteiger partial charge in [-0.15, -0.1) is 0 Å². The van der Waals surface area contributed by atoms with E-state index in [0.717, 1.165) is 22.4 Å². The van der Waals surface area contributed by atoms with E-state index in [2.05, 4.69) is 0 Å². The van der Waals surface area contributed by atoms with Gasteiger partial charge < -0.3 is 10.5 Å². The van der Waals surface area contributed by atoms with Crippen molar-refractivity contribution in [3.05, 3.63) is 64.2 Å². The minimum absolute atomic E-state index is 0.182. The minimum Gasteiger partial charge on any atom is -0.484 e. The first kappa shape index (κ1) is 13.9. The Kier molecular flexibility index (Phi) is 4.46. The summed E-state index contributed by atoms with van der Waals surface area (Å²) in [5.74, 6) is 0.901. The Balaban J connectivity index is 2.29. The van der Waals surface area contributed by atoms with Crippen molar-refractivity contribution in [1.29, 1.82) is 0 Å². The van der Waals surface area contributed by atoms with Crippen LogP contribution >= 0.6 is 11.6 Å². The van der Waals surface area contributed by atoms with Gasteiger partial charge in [-0.25, -0.2) is 0 Å². The number of aryl methyl sites for hydroxylation is 2. The summed E-state index contributed by atoms with van der Waals surface area (Å²) in [7, 11) is 0. The molecule has 100 valence electrons. The SMILES string of the molecule is Cc1cccc(C)c1OC(CN)c1cccc(Cl)c1. The van der Waals surface area contributed by atoms with E-state index in [9.17, 15) is 0 Å². The van der Waals surface area contributed by atoms with Crippen molar-refractivity contribution in [2.45, 2.75) is 20.0 Å². The molecule has 0 bridgehead atoms. The van der Waals surface area contributed by atoms with E-state index < -0.39 is 0 Å². The van der Waals surface area contributed by atoms with Crippen LogP contribution in [0.15, 0.2) is 42.5 Å². The number of ether oxygens (including phenoxy) is 1. The number of para-hydroxylation sites is 1. The Hall–Kier alpha value is -1.51. The Morgan fingerprint density at radius 3 is 2.32 bits per heavy atom. The molecule has 2 nitrogen and oxygen atoms in total. The molecule has 1 atom stereocenters. The number of benzene rings is 2. The molecule has 2 aromatic rings. The first-order valence-electron chi connectivity index (χ1n) is 6.30. The van der Waals surface area contributed by atoms with E-state index >= 15 is 0 Å². The average Bonchev–Trinajstić information content (AvgIpc) is 2.38. The highest BCUT2D eigenvalue weighted by atomic mass is 35.5. The lowest BCUT2D eigenvalue weighted by molar-refractivity contribution is 0.211. The van der Waals surface area contributed by atoms with Gasteiger partial charge in [0, 0.05) is 11.6 Å². The molecule has 0 radical (unpaired) electrons. The molecule has 0 saturated heterocycles. The molecule has 0 aromatic heterocycles. The summed E-state index contributed by atoms with van der Waals surface area (Å²) in [6, 6.07) is 13.7. The maximum absolute atomic E-state index is 6.08. The van der Waals surface area contributed by atoms with Crippen molar-refractivity contribution < 1.29 is 4.74 Å². The van der Waals surface area contributed by atoms with Crippen molar-refractivity contribution in [2.24, 2.45) is 5.73 Å². The molecule has 0 aliphatic heterocycles. The van der Waals surface area contributed by atoms with Crippen LogP contribution < -0.4 is 10.5 Å². The Labute approximate surface area is 119 Å². The molecule has 0 saturated carbocycles. The Morgan fingerprint density at radius 2 is 1.74 bits per heavy atom. The highest BCUT2D eigenvalue weighted by Crippen LogP contribution is 2.28. The standard InChI is InChI=1S/C16H18ClNO/c1-11-5-3-6-12(2)16(11)19-15(10-18)13-7-4-8-14(17)9-13/h3-9,15H,10,18H2,1-2H3. The molecule has 2 N–H and O–H groups in total. The van der Waals surface area contributed by atoms with Crippen LogP contribution in [-0.2, 0) is 0 Å². The second kappa shape index (κ2) is 6.09. The van der Waals surface area contributed by atoms with Gasteiger partial charge in [-0.2, -0.15) is 0 Å². The molecule has 3 heteroatoms. The summed E-state index contributed by atoms with van der Waals surface area (Å²) in [6.07, 6.45) is -0.182. The minimum atomic E-state index is -0.182. The van der Waals surface area contributed by atoms with Crippen molar-refractivity contribution in [1.82, 2.24) is 0 Å². The van der Waals surface area contributed by atoms with Crippen LogP contribution in [0.1, 0.15) is 22.8 Å². The summed E-state index contributed by atoms with van der Waals surface area (Å²) in [4.78, 5) is 0. The maximum Gasteiger partial charge on any atom is 0.136 e. The lowest BCUT2D eigenvalue weighted by Crippen LogP contribution is -2.19. The monoisotopic (exact) mass is 275 g/mol. The van der Waals surface area contributed by atoms with Crippen LogP contribution in [0, 0.1) is 13.8 Å². The highest BCUT2D eigenvalue weighted by molar-refractivity contribution is 6.30. The lowest BCUT2D eigenvalue weighted by atomic mass is 10.1. The smallest absolute Gasteiger partial charge is 0.136 e. The van der Waals surface area contributed by atoms with Gasteiger partial charge in [-0.3, -0.25) is 0 Å². The van der Waals surface area contributed by atoms with Gasteiger partial charge in [0.15, 0.2) is 0 Å². The summed E-state index contributed by atoms with van der Waals surface area (Å²) < 4.78 is 6.08. The molecule has 2 rings (SSSR count). The Morgan fingerprint density at radius 1 is 1.11 bits per heavy atom. The molecule has 0 aliphatic carbocycles. The largest absolute Gasteiger partial charge is 0.484 e. The van der Waals surface area contributed by atoms with Gasteiger partial charge >= 0.3 is 0 Å². The second-order valence-electron chi connectivity index (χ2n) is 4.62. The fourth-order valence-electron chi connectivity index (χ4n) is 2.09. The fourth-order valence-corrected chi connectivity index (χ4v) is 2.29. The zero-order chi connectivity index (χ0) is 13.8. The summed E-state index contributed by atoms with van der Waals surface area (Å²) in [6.45, 7) is 4.48. The molecule has 0 fully saturated rings. The molecule has 19 heavy (non-hydrogen) atoms. The summed E-state index contributed by atoms with van der Waals surface area (Å²) in [5.41, 5.74) is 9.06. The Bertz CT molecular complexity index is 548. The zero-order valence-electron chi connectivity index (χ0n) is 11.2. The molecule has 0 spiro atoms. The fraction of sp³-hybridized carbons (Fsp3) is 0.250. The first-order valence-corrected chi connectivity index (χ1v) is 6.68. The molecular formula is C16H18ClNO. The van der Waals surface area contributed by atoms with E-state index in [1.807, 2.05) is 56.3 Å². The third kappa shape index (κ3) is 3.28. The van der Waals surface area contributed by atoms with Crippen LogP contribution in [-0.4, -0.2) is 6.54 Å². The number of nitrogens with two attached hydrogens (primary N) is 1. The highest BCUT2D eigenvalue weighted by Gasteiger charge is 2.14. The van der Waals surface area contributed by atoms with Crippen molar-refractivity contribution in [3.63, 3.8) is 0 Å². The van der Waals surface area contributed by atoms with E-state index in [0.29, 0.717) is 11.6 Å². The normalized spacial score (nSPS) is 12.2. The van der Waals surface area contributed by atoms with Gasteiger partial charge in [-0.1, -0.05) is 41.9 Å². The third-order valence-electron chi connectivity index (χ3n) is 3.10. The van der Waals surface area contributed by atoms with E-state index in [1.165, 1.54) is 0 Å². The topological polar surface area (TPSA) is 35.2 Å². The van der Waals surface area contributed by atoms with Crippen molar-refractivity contribution >= 4 is 11.6 Å². The number of halogens is 1. The number of hydrogen-bond acceptors (Lipinski definition) is 2. The maximum atomic E-state index is 6.08. The van der Waals surface area contributed by atoms with Crippen LogP contribution in [0.5, 0.6) is 5.75 Å². The lowest BCUT2D eigenvalue weighted by Gasteiger charge is -2.21. The van der Waals surface area contributed by atoms with E-state index in [1.54, 1.807) is 0 Å². The van der Waals surface area contributed by atoms with E-state index in [4.69, 9.17) is 22.1 Å². The summed E-state index contributed by atoms with van der Waals surface area (Å²) in [5, 5.41) is 0.695. The van der Waals surface area contributed by atoms with Crippen LogP contribution in [0.3, 0.4) is 0 Å². The van der Waals surface area contributed by atoms with Crippen LogP contribution in [0.4, 0.5) is 0 Å². The molecule has 1 unspecified atom stereocenters. The van der Waals surface area contributed by atoms with Gasteiger partial charge in [0.2, 0.25) is 0 Å². The van der Waals surface area contributed by atoms with Gasteiger partial charge in [-0.05, 0) is 42.7 Å². The molecule has 0 amide bonds. The predicted octanol–water partition coefficient (Wildman–Crippen LogP) is 4.04. The van der Waals surface area contributed by atoms with Crippen molar-refractivity contribution in [3.8, 4) is 5.75 Å². The number of rotatable bonds is 4. The molecule has 2 aromatic carbocycles. The first-order chi connectivity index (χ1) is 9.11. The van der Waals surface area contributed by atoms with Crippen molar-refractivity contribution in [2.75, 3.05) is 6.54 Å². The van der Waals surface area contributed by atoms with Gasteiger partial charge in [0.25, 0.3) is 0 Å². The third-order valence-corrected chi connectivity index (χ3v) is 3.34. The second-order valence-corrected chi connectivity index (χ2v) is 5.05. The van der Waals surface area contributed by atoms with Crippen LogP contribution in [0.25, 0.3) is 0 Å². The van der Waals surface area contributed by atoms with Crippen LogP contribution in [0.2, 0.25) is 5.02 Å². The molecular weight excluding hydrogens is 258 g/mol. The summed E-state index contributed by atoms with van der Waals surface area (Å²) >= 11 is 6.02. The average molecular weight is 276 g/mol. The van der Waals surface area contributed by atoms with Gasteiger partial charge in [0.1, 0.15) is 11.9 Å².